The van der Waals surface area contributed by atoms with Gasteiger partial charge in [0, 0.05) is 15.8 Å². The first-order chi connectivity index (χ1) is 8.16. The van der Waals surface area contributed by atoms with Gasteiger partial charge < -0.3 is 4.74 Å². The molecule has 0 aliphatic rings. The van der Waals surface area contributed by atoms with E-state index in [2.05, 4.69) is 27.6 Å². The second-order valence-corrected chi connectivity index (χ2v) is 4.40. The average Bonchev–Trinajstić information content (AvgIpc) is 2.32. The Labute approximate surface area is 111 Å². The third-order valence-corrected chi connectivity index (χ3v) is 2.72. The molecule has 0 fully saturated rings. The molecule has 0 aliphatic carbocycles. The Morgan fingerprint density at radius 3 is 2.59 bits per heavy atom. The van der Waals surface area contributed by atoms with Crippen LogP contribution in [0.2, 0.25) is 0 Å². The summed E-state index contributed by atoms with van der Waals surface area (Å²) in [5.41, 5.74) is -0.147. The molecule has 1 heterocycles. The Bertz CT molecular complexity index is 543. The fourth-order valence-corrected chi connectivity index (χ4v) is 1.59. The second kappa shape index (κ2) is 5.09. The van der Waals surface area contributed by atoms with Crippen LogP contribution in [0.1, 0.15) is 0 Å². The highest BCUT2D eigenvalue weighted by Crippen LogP contribution is 2.29. The molecule has 0 unspecified atom stereocenters. The van der Waals surface area contributed by atoms with Crippen molar-refractivity contribution in [1.82, 2.24) is 4.98 Å². The van der Waals surface area contributed by atoms with Gasteiger partial charge in [-0.25, -0.2) is 0 Å². The standard InChI is InChI=1S/C11H7IN2O3/c12-8-1-3-9(4-2-8)17-11-5-6-13-7-10(11)14(15)16/h1-7H. The molecule has 6 heteroatoms. The summed E-state index contributed by atoms with van der Waals surface area (Å²) in [5, 5.41) is 10.8. The van der Waals surface area contributed by atoms with Gasteiger partial charge in [-0.1, -0.05) is 0 Å². The van der Waals surface area contributed by atoms with Crippen molar-refractivity contribution in [3.63, 3.8) is 0 Å². The number of aromatic nitrogens is 1. The lowest BCUT2D eigenvalue weighted by molar-refractivity contribution is -0.386. The summed E-state index contributed by atoms with van der Waals surface area (Å²) in [6.07, 6.45) is 2.62. The van der Waals surface area contributed by atoms with E-state index in [0.29, 0.717) is 5.75 Å². The second-order valence-electron chi connectivity index (χ2n) is 3.16. The molecule has 5 nitrogen and oxygen atoms in total. The Hall–Kier alpha value is -1.70. The van der Waals surface area contributed by atoms with Crippen LogP contribution in [-0.4, -0.2) is 9.91 Å². The lowest BCUT2D eigenvalue weighted by Crippen LogP contribution is -1.94. The minimum absolute atomic E-state index is 0.147. The number of pyridine rings is 1. The number of halogens is 1. The zero-order chi connectivity index (χ0) is 12.3. The van der Waals surface area contributed by atoms with Crippen molar-refractivity contribution in [3.05, 3.63) is 56.4 Å². The molecule has 0 saturated carbocycles. The number of rotatable bonds is 3. The first kappa shape index (κ1) is 11.8. The van der Waals surface area contributed by atoms with E-state index < -0.39 is 4.92 Å². The number of nitro groups is 1. The molecule has 0 amide bonds. The molecule has 2 aromatic rings. The predicted octanol–water partition coefficient (Wildman–Crippen LogP) is 3.39. The third-order valence-electron chi connectivity index (χ3n) is 2.00. The van der Waals surface area contributed by atoms with Crippen LogP contribution >= 0.6 is 22.6 Å². The molecule has 1 aromatic carbocycles. The molecule has 17 heavy (non-hydrogen) atoms. The molecule has 0 aliphatic heterocycles. The van der Waals surface area contributed by atoms with Gasteiger partial charge in [-0.3, -0.25) is 15.1 Å². The van der Waals surface area contributed by atoms with Crippen LogP contribution in [-0.2, 0) is 0 Å². The van der Waals surface area contributed by atoms with Gasteiger partial charge in [0.15, 0.2) is 0 Å². The van der Waals surface area contributed by atoms with Gasteiger partial charge in [-0.15, -0.1) is 0 Å². The predicted molar refractivity (Wildman–Crippen MR) is 70.1 cm³/mol. The van der Waals surface area contributed by atoms with Crippen LogP contribution in [0.5, 0.6) is 11.5 Å². The Morgan fingerprint density at radius 2 is 1.94 bits per heavy atom. The molecular formula is C11H7IN2O3. The van der Waals surface area contributed by atoms with Crippen molar-refractivity contribution in [2.24, 2.45) is 0 Å². The highest BCUT2D eigenvalue weighted by Gasteiger charge is 2.15. The zero-order valence-corrected chi connectivity index (χ0v) is 10.7. The van der Waals surface area contributed by atoms with Gasteiger partial charge in [-0.05, 0) is 46.9 Å². The molecule has 0 N–H and O–H groups in total. The van der Waals surface area contributed by atoms with E-state index in [0.717, 1.165) is 3.57 Å². The molecular weight excluding hydrogens is 335 g/mol. The van der Waals surface area contributed by atoms with Gasteiger partial charge in [0.1, 0.15) is 11.9 Å². The monoisotopic (exact) mass is 342 g/mol. The summed E-state index contributed by atoms with van der Waals surface area (Å²) in [7, 11) is 0. The van der Waals surface area contributed by atoms with Crippen molar-refractivity contribution < 1.29 is 9.66 Å². The van der Waals surface area contributed by atoms with E-state index in [1.807, 2.05) is 12.1 Å². The molecule has 0 atom stereocenters. The van der Waals surface area contributed by atoms with Crippen LogP contribution in [0.25, 0.3) is 0 Å². The van der Waals surface area contributed by atoms with Crippen LogP contribution in [0.3, 0.4) is 0 Å². The van der Waals surface area contributed by atoms with E-state index in [4.69, 9.17) is 4.74 Å². The lowest BCUT2D eigenvalue weighted by atomic mass is 10.3. The molecule has 0 spiro atoms. The van der Waals surface area contributed by atoms with E-state index >= 15 is 0 Å². The van der Waals surface area contributed by atoms with E-state index in [9.17, 15) is 10.1 Å². The van der Waals surface area contributed by atoms with Gasteiger partial charge >= 0.3 is 5.69 Å². The summed E-state index contributed by atoms with van der Waals surface area (Å²) >= 11 is 2.17. The Balaban J connectivity index is 2.30. The summed E-state index contributed by atoms with van der Waals surface area (Å²) in [6.45, 7) is 0. The maximum absolute atomic E-state index is 10.8. The summed E-state index contributed by atoms with van der Waals surface area (Å²) in [5.74, 6) is 0.742. The maximum Gasteiger partial charge on any atom is 0.329 e. The average molecular weight is 342 g/mol. The smallest absolute Gasteiger partial charge is 0.329 e. The molecule has 86 valence electrons. The normalized spacial score (nSPS) is 9.94. The van der Waals surface area contributed by atoms with Crippen molar-refractivity contribution in [3.8, 4) is 11.5 Å². The first-order valence-corrected chi connectivity index (χ1v) is 5.76. The summed E-state index contributed by atoms with van der Waals surface area (Å²) in [4.78, 5) is 13.9. The fourth-order valence-electron chi connectivity index (χ4n) is 1.23. The number of hydrogen-bond acceptors (Lipinski definition) is 4. The third kappa shape index (κ3) is 2.90. The van der Waals surface area contributed by atoms with Crippen molar-refractivity contribution in [1.29, 1.82) is 0 Å². The Morgan fingerprint density at radius 1 is 1.24 bits per heavy atom. The Kier molecular flexibility index (Phi) is 3.52. The van der Waals surface area contributed by atoms with E-state index in [1.165, 1.54) is 18.5 Å². The lowest BCUT2D eigenvalue weighted by Gasteiger charge is -2.05. The van der Waals surface area contributed by atoms with Crippen LogP contribution in [0.15, 0.2) is 42.7 Å². The molecule has 2 rings (SSSR count). The highest BCUT2D eigenvalue weighted by molar-refractivity contribution is 14.1. The van der Waals surface area contributed by atoms with E-state index in [-0.39, 0.29) is 11.4 Å². The van der Waals surface area contributed by atoms with Crippen LogP contribution in [0.4, 0.5) is 5.69 Å². The van der Waals surface area contributed by atoms with Gasteiger partial charge in [0.05, 0.1) is 4.92 Å². The topological polar surface area (TPSA) is 65.3 Å². The SMILES string of the molecule is O=[N+]([O-])c1cnccc1Oc1ccc(I)cc1. The summed E-state index contributed by atoms with van der Waals surface area (Å²) in [6, 6.07) is 8.71. The number of benzene rings is 1. The minimum atomic E-state index is -0.519. The van der Waals surface area contributed by atoms with Crippen LogP contribution in [0, 0.1) is 13.7 Å². The van der Waals surface area contributed by atoms with Gasteiger partial charge in [-0.2, -0.15) is 0 Å². The van der Waals surface area contributed by atoms with E-state index in [1.54, 1.807) is 12.1 Å². The first-order valence-electron chi connectivity index (χ1n) is 4.68. The van der Waals surface area contributed by atoms with Gasteiger partial charge in [0.25, 0.3) is 0 Å². The number of nitrogens with zero attached hydrogens (tertiary/aromatic N) is 2. The number of hydrogen-bond donors (Lipinski definition) is 0. The van der Waals surface area contributed by atoms with Crippen molar-refractivity contribution in [2.45, 2.75) is 0 Å². The highest BCUT2D eigenvalue weighted by atomic mass is 127. The number of ether oxygens (including phenoxy) is 1. The maximum atomic E-state index is 10.8. The van der Waals surface area contributed by atoms with Crippen molar-refractivity contribution >= 4 is 28.3 Å². The van der Waals surface area contributed by atoms with Crippen LogP contribution < -0.4 is 4.74 Å². The van der Waals surface area contributed by atoms with Gasteiger partial charge in [0.2, 0.25) is 5.75 Å². The molecule has 0 saturated heterocycles. The largest absolute Gasteiger partial charge is 0.450 e. The van der Waals surface area contributed by atoms with Crippen molar-refractivity contribution in [2.75, 3.05) is 0 Å². The molecule has 0 bridgehead atoms. The molecule has 0 radical (unpaired) electrons. The fraction of sp³-hybridized carbons (Fsp3) is 0. The minimum Gasteiger partial charge on any atom is -0.450 e. The zero-order valence-electron chi connectivity index (χ0n) is 8.54. The summed E-state index contributed by atoms with van der Waals surface area (Å²) < 4.78 is 6.51. The quantitative estimate of drug-likeness (QED) is 0.487. The molecule has 1 aromatic heterocycles.